The monoisotopic (exact) mass is 278 g/mol. The van der Waals surface area contributed by atoms with E-state index in [1.54, 1.807) is 11.8 Å². The number of thioether (sulfide) groups is 1. The van der Waals surface area contributed by atoms with Crippen LogP contribution in [0.25, 0.3) is 0 Å². The van der Waals surface area contributed by atoms with Crippen molar-refractivity contribution in [3.63, 3.8) is 0 Å². The van der Waals surface area contributed by atoms with Crippen molar-refractivity contribution >= 4 is 11.8 Å². The van der Waals surface area contributed by atoms with Gasteiger partial charge in [0, 0.05) is 6.04 Å². The van der Waals surface area contributed by atoms with Gasteiger partial charge in [0.1, 0.15) is 17.3 Å². The van der Waals surface area contributed by atoms with Gasteiger partial charge >= 0.3 is 0 Å². The highest BCUT2D eigenvalue weighted by Gasteiger charge is 2.20. The number of hydrogen-bond donors (Lipinski definition) is 1. The summed E-state index contributed by atoms with van der Waals surface area (Å²) in [5.74, 6) is 3.60. The molecule has 2 aromatic heterocycles. The van der Waals surface area contributed by atoms with E-state index in [4.69, 9.17) is 8.83 Å². The lowest BCUT2D eigenvalue weighted by Crippen LogP contribution is -2.14. The fourth-order valence-electron chi connectivity index (χ4n) is 1.77. The molecule has 0 spiro atoms. The molecule has 0 bridgehead atoms. The van der Waals surface area contributed by atoms with Crippen LogP contribution in [0.4, 0.5) is 0 Å². The molecule has 0 aromatic carbocycles. The first kappa shape index (κ1) is 12.8. The Hall–Kier alpha value is -1.20. The minimum atomic E-state index is 0.709. The molecule has 1 aliphatic carbocycles. The Balaban J connectivity index is 1.51. The molecule has 102 valence electrons. The van der Waals surface area contributed by atoms with Gasteiger partial charge in [0.25, 0.3) is 5.22 Å². The summed E-state index contributed by atoms with van der Waals surface area (Å²) < 4.78 is 11.3. The van der Waals surface area contributed by atoms with Gasteiger partial charge < -0.3 is 14.2 Å². The Labute approximate surface area is 117 Å². The maximum absolute atomic E-state index is 5.77. The highest BCUT2D eigenvalue weighted by atomic mass is 32.2. The Morgan fingerprint density at radius 3 is 2.74 bits per heavy atom. The zero-order chi connectivity index (χ0) is 13.2. The Morgan fingerprint density at radius 1 is 1.26 bits per heavy atom. The SMILES string of the molecule is Cc1nc(SCc2ccc(CNC3CC3)o2)oc1C. The summed E-state index contributed by atoms with van der Waals surface area (Å²) in [6, 6.07) is 4.78. The summed E-state index contributed by atoms with van der Waals surface area (Å²) in [5.41, 5.74) is 0.955. The average molecular weight is 278 g/mol. The van der Waals surface area contributed by atoms with Gasteiger partial charge in [-0.2, -0.15) is 0 Å². The van der Waals surface area contributed by atoms with E-state index in [1.807, 2.05) is 26.0 Å². The van der Waals surface area contributed by atoms with Crippen molar-refractivity contribution in [3.8, 4) is 0 Å². The van der Waals surface area contributed by atoms with Gasteiger partial charge in [0.05, 0.1) is 18.0 Å². The largest absolute Gasteiger partial charge is 0.464 e. The van der Waals surface area contributed by atoms with Crippen LogP contribution in [-0.2, 0) is 12.3 Å². The minimum Gasteiger partial charge on any atom is -0.464 e. The molecule has 4 nitrogen and oxygen atoms in total. The molecule has 2 aromatic rings. The van der Waals surface area contributed by atoms with E-state index in [-0.39, 0.29) is 0 Å². The quantitative estimate of drug-likeness (QED) is 0.820. The summed E-state index contributed by atoms with van der Waals surface area (Å²) in [6.45, 7) is 4.71. The second-order valence-electron chi connectivity index (χ2n) is 4.93. The number of oxazole rings is 1. The average Bonchev–Trinajstić information content (AvgIpc) is 3.02. The lowest BCUT2D eigenvalue weighted by Gasteiger charge is -1.98. The molecule has 19 heavy (non-hydrogen) atoms. The third-order valence-electron chi connectivity index (χ3n) is 3.21. The molecule has 0 radical (unpaired) electrons. The van der Waals surface area contributed by atoms with E-state index in [0.29, 0.717) is 11.3 Å². The molecular formula is C14H18N2O2S. The lowest BCUT2D eigenvalue weighted by molar-refractivity contribution is 0.429. The molecule has 1 saturated carbocycles. The van der Waals surface area contributed by atoms with Crippen molar-refractivity contribution in [1.29, 1.82) is 0 Å². The summed E-state index contributed by atoms with van der Waals surface area (Å²) in [5, 5.41) is 4.15. The molecule has 2 heterocycles. The molecule has 0 aliphatic heterocycles. The number of nitrogens with one attached hydrogen (secondary N) is 1. The molecule has 1 fully saturated rings. The smallest absolute Gasteiger partial charge is 0.256 e. The maximum Gasteiger partial charge on any atom is 0.256 e. The zero-order valence-electron chi connectivity index (χ0n) is 11.2. The molecule has 1 N–H and O–H groups in total. The number of furan rings is 1. The van der Waals surface area contributed by atoms with Crippen molar-refractivity contribution in [3.05, 3.63) is 35.1 Å². The number of nitrogens with zero attached hydrogens (tertiary/aromatic N) is 1. The van der Waals surface area contributed by atoms with Crippen molar-refractivity contribution in [2.24, 2.45) is 0 Å². The Bertz CT molecular complexity index is 538. The van der Waals surface area contributed by atoms with Crippen LogP contribution in [0.2, 0.25) is 0 Å². The number of aryl methyl sites for hydroxylation is 2. The highest BCUT2D eigenvalue weighted by Crippen LogP contribution is 2.25. The standard InChI is InChI=1S/C14H18N2O2S/c1-9-10(2)17-14(16-9)19-8-13-6-5-12(18-13)7-15-11-3-4-11/h5-6,11,15H,3-4,7-8H2,1-2H3. The van der Waals surface area contributed by atoms with Gasteiger partial charge in [0.15, 0.2) is 0 Å². The molecule has 1 aliphatic rings. The third-order valence-corrected chi connectivity index (χ3v) is 4.06. The molecule has 3 rings (SSSR count). The van der Waals surface area contributed by atoms with Crippen molar-refractivity contribution < 1.29 is 8.83 Å². The second kappa shape index (κ2) is 5.43. The van der Waals surface area contributed by atoms with Crippen LogP contribution in [0.5, 0.6) is 0 Å². The summed E-state index contributed by atoms with van der Waals surface area (Å²) in [6.07, 6.45) is 2.60. The van der Waals surface area contributed by atoms with Crippen LogP contribution in [-0.4, -0.2) is 11.0 Å². The van der Waals surface area contributed by atoms with Crippen LogP contribution >= 0.6 is 11.8 Å². The number of aromatic nitrogens is 1. The first-order valence-corrected chi connectivity index (χ1v) is 7.57. The zero-order valence-corrected chi connectivity index (χ0v) is 12.0. The van der Waals surface area contributed by atoms with Gasteiger partial charge in [-0.3, -0.25) is 0 Å². The normalized spacial score (nSPS) is 15.1. The molecule has 5 heteroatoms. The Kier molecular flexibility index (Phi) is 3.66. The molecule has 0 unspecified atom stereocenters. The van der Waals surface area contributed by atoms with E-state index >= 15 is 0 Å². The minimum absolute atomic E-state index is 0.709. The fourth-order valence-corrected chi connectivity index (χ4v) is 2.57. The summed E-state index contributed by atoms with van der Waals surface area (Å²) in [7, 11) is 0. The van der Waals surface area contributed by atoms with Crippen LogP contribution in [0.1, 0.15) is 35.8 Å². The van der Waals surface area contributed by atoms with Gasteiger partial charge in [-0.05, 0) is 38.8 Å². The Morgan fingerprint density at radius 2 is 2.05 bits per heavy atom. The van der Waals surface area contributed by atoms with Crippen LogP contribution in [0, 0.1) is 13.8 Å². The first-order chi connectivity index (χ1) is 9.20. The van der Waals surface area contributed by atoms with Crippen LogP contribution < -0.4 is 5.32 Å². The maximum atomic E-state index is 5.77. The van der Waals surface area contributed by atoms with Crippen molar-refractivity contribution in [1.82, 2.24) is 10.3 Å². The predicted molar refractivity (Wildman–Crippen MR) is 74.1 cm³/mol. The third kappa shape index (κ3) is 3.42. The van der Waals surface area contributed by atoms with Gasteiger partial charge in [-0.15, -0.1) is 0 Å². The van der Waals surface area contributed by atoms with Gasteiger partial charge in [-0.1, -0.05) is 11.8 Å². The first-order valence-electron chi connectivity index (χ1n) is 6.58. The van der Waals surface area contributed by atoms with E-state index in [0.717, 1.165) is 35.3 Å². The van der Waals surface area contributed by atoms with E-state index in [9.17, 15) is 0 Å². The molecular weight excluding hydrogens is 260 g/mol. The van der Waals surface area contributed by atoms with Crippen molar-refractivity contribution in [2.45, 2.75) is 50.3 Å². The fraction of sp³-hybridized carbons (Fsp3) is 0.500. The molecule has 0 saturated heterocycles. The van der Waals surface area contributed by atoms with Gasteiger partial charge in [-0.25, -0.2) is 4.98 Å². The van der Waals surface area contributed by atoms with E-state index in [1.165, 1.54) is 12.8 Å². The predicted octanol–water partition coefficient (Wildman–Crippen LogP) is 3.43. The molecule has 0 amide bonds. The van der Waals surface area contributed by atoms with E-state index < -0.39 is 0 Å². The molecule has 0 atom stereocenters. The second-order valence-corrected chi connectivity index (χ2v) is 5.86. The highest BCUT2D eigenvalue weighted by molar-refractivity contribution is 7.98. The summed E-state index contributed by atoms with van der Waals surface area (Å²) >= 11 is 1.57. The van der Waals surface area contributed by atoms with Crippen LogP contribution in [0.15, 0.2) is 26.2 Å². The van der Waals surface area contributed by atoms with Gasteiger partial charge in [0.2, 0.25) is 0 Å². The lowest BCUT2D eigenvalue weighted by atomic mass is 10.4. The number of rotatable bonds is 6. The van der Waals surface area contributed by atoms with Crippen molar-refractivity contribution in [2.75, 3.05) is 0 Å². The summed E-state index contributed by atoms with van der Waals surface area (Å²) in [4.78, 5) is 4.34. The van der Waals surface area contributed by atoms with E-state index in [2.05, 4.69) is 10.3 Å². The topological polar surface area (TPSA) is 51.2 Å². The number of hydrogen-bond acceptors (Lipinski definition) is 5. The van der Waals surface area contributed by atoms with Crippen LogP contribution in [0.3, 0.4) is 0 Å².